The van der Waals surface area contributed by atoms with Crippen molar-refractivity contribution in [1.82, 2.24) is 0 Å². The number of rotatable bonds is 8. The molecule has 1 rings (SSSR count). The number of hydrogen-bond acceptors (Lipinski definition) is 2. The van der Waals surface area contributed by atoms with Crippen LogP contribution >= 0.6 is 0 Å². The van der Waals surface area contributed by atoms with Gasteiger partial charge in [0.1, 0.15) is 0 Å². The van der Waals surface area contributed by atoms with Crippen LogP contribution in [-0.2, 0) is 0 Å². The van der Waals surface area contributed by atoms with Crippen molar-refractivity contribution in [2.75, 3.05) is 0 Å². The number of aliphatic hydroxyl groups is 1. The molecule has 3 unspecified atom stereocenters. The fourth-order valence-corrected chi connectivity index (χ4v) is 2.30. The van der Waals surface area contributed by atoms with Gasteiger partial charge in [-0.15, -0.1) is 6.58 Å². The maximum absolute atomic E-state index is 10.1. The summed E-state index contributed by atoms with van der Waals surface area (Å²) in [6.07, 6.45) is 7.10. The van der Waals surface area contributed by atoms with Crippen LogP contribution in [0.2, 0.25) is 0 Å². The van der Waals surface area contributed by atoms with Crippen LogP contribution in [0.15, 0.2) is 17.8 Å². The summed E-state index contributed by atoms with van der Waals surface area (Å²) in [7, 11) is 0. The van der Waals surface area contributed by atoms with Crippen molar-refractivity contribution < 1.29 is 5.11 Å². The standard InChI is InChI=1S/C12H21N3O/c1-3-5-10-9-12(10,16)8-7-11(6-4-2)14-15-13/h4,10-11,16H,2-3,5-9H2,1H3. The van der Waals surface area contributed by atoms with Crippen LogP contribution in [0.1, 0.15) is 45.4 Å². The first kappa shape index (κ1) is 13.1. The predicted octanol–water partition coefficient (Wildman–Crippen LogP) is 3.57. The molecule has 1 N–H and O–H groups in total. The Bertz CT molecular complexity index is 286. The largest absolute Gasteiger partial charge is 0.390 e. The Kier molecular flexibility index (Phi) is 4.84. The average molecular weight is 223 g/mol. The van der Waals surface area contributed by atoms with Gasteiger partial charge in [-0.1, -0.05) is 24.5 Å². The maximum Gasteiger partial charge on any atom is 0.0680 e. The molecule has 0 radical (unpaired) electrons. The molecule has 0 bridgehead atoms. The Balaban J connectivity index is 2.32. The van der Waals surface area contributed by atoms with E-state index in [-0.39, 0.29) is 6.04 Å². The second kappa shape index (κ2) is 5.92. The van der Waals surface area contributed by atoms with Gasteiger partial charge in [-0.2, -0.15) is 0 Å². The van der Waals surface area contributed by atoms with Gasteiger partial charge in [0.15, 0.2) is 0 Å². The summed E-state index contributed by atoms with van der Waals surface area (Å²) in [5.74, 6) is 0.466. The van der Waals surface area contributed by atoms with Crippen molar-refractivity contribution in [2.45, 2.75) is 57.1 Å². The van der Waals surface area contributed by atoms with Crippen LogP contribution < -0.4 is 0 Å². The summed E-state index contributed by atoms with van der Waals surface area (Å²) < 4.78 is 0. The van der Waals surface area contributed by atoms with Crippen LogP contribution in [0, 0.1) is 5.92 Å². The van der Waals surface area contributed by atoms with Crippen LogP contribution in [0.25, 0.3) is 10.4 Å². The summed E-state index contributed by atoms with van der Waals surface area (Å²) >= 11 is 0. The second-order valence-corrected chi connectivity index (χ2v) is 4.72. The lowest BCUT2D eigenvalue weighted by molar-refractivity contribution is 0.114. The molecule has 1 aliphatic rings. The fourth-order valence-electron chi connectivity index (χ4n) is 2.30. The van der Waals surface area contributed by atoms with Gasteiger partial charge < -0.3 is 5.11 Å². The van der Waals surface area contributed by atoms with E-state index in [4.69, 9.17) is 5.53 Å². The topological polar surface area (TPSA) is 69.0 Å². The maximum atomic E-state index is 10.1. The zero-order valence-corrected chi connectivity index (χ0v) is 9.97. The Morgan fingerprint density at radius 3 is 3.06 bits per heavy atom. The first-order valence-corrected chi connectivity index (χ1v) is 6.03. The molecule has 4 heteroatoms. The first-order valence-electron chi connectivity index (χ1n) is 6.03. The van der Waals surface area contributed by atoms with Gasteiger partial charge in [0, 0.05) is 11.0 Å². The van der Waals surface area contributed by atoms with E-state index in [2.05, 4.69) is 23.5 Å². The molecule has 0 saturated heterocycles. The molecule has 1 aliphatic carbocycles. The summed E-state index contributed by atoms with van der Waals surface area (Å²) in [6, 6.07) is -0.0469. The van der Waals surface area contributed by atoms with Crippen molar-refractivity contribution in [1.29, 1.82) is 0 Å². The lowest BCUT2D eigenvalue weighted by Gasteiger charge is -2.13. The van der Waals surface area contributed by atoms with Crippen LogP contribution in [-0.4, -0.2) is 16.7 Å². The van der Waals surface area contributed by atoms with E-state index in [1.807, 2.05) is 0 Å². The van der Waals surface area contributed by atoms with Crippen LogP contribution in [0.3, 0.4) is 0 Å². The highest BCUT2D eigenvalue weighted by molar-refractivity contribution is 5.03. The predicted molar refractivity (Wildman–Crippen MR) is 64.9 cm³/mol. The molecule has 0 aromatic heterocycles. The minimum atomic E-state index is -0.472. The van der Waals surface area contributed by atoms with Gasteiger partial charge in [0.25, 0.3) is 0 Å². The third-order valence-electron chi connectivity index (χ3n) is 3.40. The Labute approximate surface area is 97.0 Å². The van der Waals surface area contributed by atoms with Gasteiger partial charge in [0.2, 0.25) is 0 Å². The summed E-state index contributed by atoms with van der Waals surface area (Å²) in [6.45, 7) is 5.78. The Morgan fingerprint density at radius 2 is 2.50 bits per heavy atom. The quantitative estimate of drug-likeness (QED) is 0.290. The molecule has 0 aromatic rings. The van der Waals surface area contributed by atoms with Gasteiger partial charge in [-0.05, 0) is 43.6 Å². The van der Waals surface area contributed by atoms with Crippen molar-refractivity contribution in [3.63, 3.8) is 0 Å². The molecule has 0 heterocycles. The molecule has 0 spiro atoms. The minimum absolute atomic E-state index is 0.0469. The van der Waals surface area contributed by atoms with Crippen LogP contribution in [0.5, 0.6) is 0 Å². The van der Waals surface area contributed by atoms with Crippen molar-refractivity contribution in [3.05, 3.63) is 23.1 Å². The highest BCUT2D eigenvalue weighted by Crippen LogP contribution is 2.49. The van der Waals surface area contributed by atoms with Gasteiger partial charge >= 0.3 is 0 Å². The molecular formula is C12H21N3O. The molecule has 3 atom stereocenters. The highest BCUT2D eigenvalue weighted by Gasteiger charge is 2.51. The summed E-state index contributed by atoms with van der Waals surface area (Å²) in [5.41, 5.74) is 7.93. The van der Waals surface area contributed by atoms with Crippen molar-refractivity contribution in [2.24, 2.45) is 11.0 Å². The molecule has 1 fully saturated rings. The molecule has 90 valence electrons. The summed E-state index contributed by atoms with van der Waals surface area (Å²) in [5, 5.41) is 13.9. The van der Waals surface area contributed by atoms with E-state index < -0.39 is 5.60 Å². The van der Waals surface area contributed by atoms with Crippen molar-refractivity contribution in [3.8, 4) is 0 Å². The van der Waals surface area contributed by atoms with E-state index in [1.54, 1.807) is 6.08 Å². The first-order chi connectivity index (χ1) is 7.66. The molecule has 0 aliphatic heterocycles. The highest BCUT2D eigenvalue weighted by atomic mass is 16.3. The van der Waals surface area contributed by atoms with Gasteiger partial charge in [-0.3, -0.25) is 0 Å². The van der Waals surface area contributed by atoms with Crippen molar-refractivity contribution >= 4 is 0 Å². The molecule has 1 saturated carbocycles. The van der Waals surface area contributed by atoms with Crippen LogP contribution in [0.4, 0.5) is 0 Å². The average Bonchev–Trinajstić information content (AvgIpc) is 2.88. The number of hydrogen-bond donors (Lipinski definition) is 1. The normalized spacial score (nSPS) is 29.2. The van der Waals surface area contributed by atoms with Gasteiger partial charge in [-0.25, -0.2) is 0 Å². The zero-order valence-electron chi connectivity index (χ0n) is 9.97. The third kappa shape index (κ3) is 3.54. The summed E-state index contributed by atoms with van der Waals surface area (Å²) in [4.78, 5) is 2.83. The van der Waals surface area contributed by atoms with E-state index in [9.17, 15) is 5.11 Å². The van der Waals surface area contributed by atoms with E-state index in [0.717, 1.165) is 32.1 Å². The van der Waals surface area contributed by atoms with E-state index in [0.29, 0.717) is 12.3 Å². The SMILES string of the molecule is C=CCC(CCC1(O)CC1CCC)N=[N+]=[N-]. The Morgan fingerprint density at radius 1 is 1.75 bits per heavy atom. The lowest BCUT2D eigenvalue weighted by atomic mass is 10.0. The third-order valence-corrected chi connectivity index (χ3v) is 3.40. The zero-order chi connectivity index (χ0) is 12.0. The van der Waals surface area contributed by atoms with Gasteiger partial charge in [0.05, 0.1) is 5.60 Å². The number of azide groups is 1. The lowest BCUT2D eigenvalue weighted by Crippen LogP contribution is -2.15. The van der Waals surface area contributed by atoms with E-state index >= 15 is 0 Å². The minimum Gasteiger partial charge on any atom is -0.390 e. The fraction of sp³-hybridized carbons (Fsp3) is 0.833. The number of nitrogens with zero attached hydrogens (tertiary/aromatic N) is 3. The Hall–Kier alpha value is -0.990. The monoisotopic (exact) mass is 223 g/mol. The second-order valence-electron chi connectivity index (χ2n) is 4.72. The molecular weight excluding hydrogens is 202 g/mol. The molecule has 0 amide bonds. The molecule has 4 nitrogen and oxygen atoms in total. The smallest absolute Gasteiger partial charge is 0.0680 e. The molecule has 0 aromatic carbocycles. The van der Waals surface area contributed by atoms with E-state index in [1.165, 1.54) is 0 Å². The molecule has 16 heavy (non-hydrogen) atoms.